The summed E-state index contributed by atoms with van der Waals surface area (Å²) in [6, 6.07) is 5.58. The van der Waals surface area contributed by atoms with E-state index in [0.717, 1.165) is 10.9 Å². The normalized spacial score (nSPS) is 9.00. The number of anilines is 1. The van der Waals surface area contributed by atoms with Crippen molar-refractivity contribution in [1.29, 1.82) is 0 Å². The van der Waals surface area contributed by atoms with Crippen molar-refractivity contribution in [2.45, 2.75) is 13.3 Å². The summed E-state index contributed by atoms with van der Waals surface area (Å²) in [6.07, 6.45) is 0.720. The van der Waals surface area contributed by atoms with E-state index in [1.54, 1.807) is 0 Å². The van der Waals surface area contributed by atoms with Crippen LogP contribution in [0.15, 0.2) is 22.7 Å². The van der Waals surface area contributed by atoms with E-state index in [4.69, 9.17) is 10.5 Å². The molecule has 1 aromatic carbocycles. The van der Waals surface area contributed by atoms with Gasteiger partial charge in [-0.1, -0.05) is 6.07 Å². The van der Waals surface area contributed by atoms with Crippen molar-refractivity contribution in [2.24, 2.45) is 0 Å². The molecule has 2 nitrogen and oxygen atoms in total. The van der Waals surface area contributed by atoms with Crippen molar-refractivity contribution < 1.29 is 4.74 Å². The number of hydrogen-bond acceptors (Lipinski definition) is 2. The van der Waals surface area contributed by atoms with E-state index in [-0.39, 0.29) is 0 Å². The summed E-state index contributed by atoms with van der Waals surface area (Å²) < 4.78 is 6.37. The maximum atomic E-state index is 5.75. The van der Waals surface area contributed by atoms with E-state index in [9.17, 15) is 0 Å². The van der Waals surface area contributed by atoms with Gasteiger partial charge in [-0.3, -0.25) is 0 Å². The van der Waals surface area contributed by atoms with Gasteiger partial charge in [-0.25, -0.2) is 0 Å². The topological polar surface area (TPSA) is 35.2 Å². The molecule has 0 radical (unpaired) electrons. The van der Waals surface area contributed by atoms with E-state index in [1.165, 1.54) is 0 Å². The number of ether oxygens (including phenoxy) is 1. The van der Waals surface area contributed by atoms with Gasteiger partial charge in [0.2, 0.25) is 0 Å². The number of nitrogens with two attached hydrogens (primary N) is 1. The van der Waals surface area contributed by atoms with Crippen LogP contribution >= 0.6 is 15.9 Å². The number of nitrogen functional groups attached to an aromatic ring is 1. The second-order valence-electron chi connectivity index (χ2n) is 2.68. The summed E-state index contributed by atoms with van der Waals surface area (Å²) >= 11 is 3.38. The van der Waals surface area contributed by atoms with Gasteiger partial charge in [0.15, 0.2) is 5.75 Å². The highest BCUT2D eigenvalue weighted by molar-refractivity contribution is 9.10. The fourth-order valence-electron chi connectivity index (χ4n) is 1.01. The third-order valence-corrected chi connectivity index (χ3v) is 2.27. The van der Waals surface area contributed by atoms with Gasteiger partial charge >= 0.3 is 0 Å². The molecule has 1 rings (SSSR count). The van der Waals surface area contributed by atoms with E-state index < -0.39 is 0 Å². The molecule has 0 aliphatic rings. The largest absolute Gasteiger partial charge is 0.489 e. The molecule has 0 heterocycles. The molecular formula is C11H12BrNO. The molecule has 0 amide bonds. The molecule has 0 fully saturated rings. The zero-order valence-electron chi connectivity index (χ0n) is 8.01. The van der Waals surface area contributed by atoms with Crippen molar-refractivity contribution in [2.75, 3.05) is 12.3 Å². The molecule has 0 bridgehead atoms. The monoisotopic (exact) mass is 253 g/mol. The van der Waals surface area contributed by atoms with Gasteiger partial charge < -0.3 is 10.5 Å². The van der Waals surface area contributed by atoms with Crippen LogP contribution in [0.5, 0.6) is 5.75 Å². The molecule has 0 saturated heterocycles. The Morgan fingerprint density at radius 3 is 2.93 bits per heavy atom. The maximum Gasteiger partial charge on any atom is 0.156 e. The van der Waals surface area contributed by atoms with Gasteiger partial charge in [0.05, 0.1) is 16.8 Å². The van der Waals surface area contributed by atoms with Crippen LogP contribution < -0.4 is 10.5 Å². The number of rotatable bonds is 3. The Morgan fingerprint density at radius 1 is 1.50 bits per heavy atom. The lowest BCUT2D eigenvalue weighted by Crippen LogP contribution is -2.00. The first-order valence-electron chi connectivity index (χ1n) is 4.32. The van der Waals surface area contributed by atoms with Crippen LogP contribution in [0.4, 0.5) is 5.69 Å². The third-order valence-electron chi connectivity index (χ3n) is 1.65. The van der Waals surface area contributed by atoms with Crippen molar-refractivity contribution in [1.82, 2.24) is 0 Å². The molecular weight excluding hydrogens is 242 g/mol. The second-order valence-corrected chi connectivity index (χ2v) is 3.54. The third kappa shape index (κ3) is 2.97. The minimum atomic E-state index is 0.563. The lowest BCUT2D eigenvalue weighted by molar-refractivity contribution is 0.327. The van der Waals surface area contributed by atoms with E-state index in [0.29, 0.717) is 18.0 Å². The molecule has 0 saturated carbocycles. The maximum absolute atomic E-state index is 5.75. The SMILES string of the molecule is CC#CCCOc1c(N)cccc1Br. The molecule has 2 N–H and O–H groups in total. The van der Waals surface area contributed by atoms with Gasteiger partial charge in [-0.15, -0.1) is 11.8 Å². The quantitative estimate of drug-likeness (QED) is 0.511. The highest BCUT2D eigenvalue weighted by Crippen LogP contribution is 2.30. The Hall–Kier alpha value is -1.14. The van der Waals surface area contributed by atoms with Gasteiger partial charge in [0.1, 0.15) is 0 Å². The molecule has 0 aliphatic heterocycles. The molecule has 14 heavy (non-hydrogen) atoms. The van der Waals surface area contributed by atoms with Crippen molar-refractivity contribution in [3.8, 4) is 17.6 Å². The number of benzene rings is 1. The molecule has 0 unspecified atom stereocenters. The molecule has 3 heteroatoms. The average molecular weight is 254 g/mol. The molecule has 0 spiro atoms. The van der Waals surface area contributed by atoms with Crippen molar-refractivity contribution in [3.63, 3.8) is 0 Å². The molecule has 0 atom stereocenters. The Kier molecular flexibility index (Phi) is 4.34. The van der Waals surface area contributed by atoms with Crippen LogP contribution in [0.2, 0.25) is 0 Å². The lowest BCUT2D eigenvalue weighted by Gasteiger charge is -2.08. The van der Waals surface area contributed by atoms with Gasteiger partial charge in [-0.05, 0) is 35.0 Å². The highest BCUT2D eigenvalue weighted by Gasteiger charge is 2.03. The zero-order valence-corrected chi connectivity index (χ0v) is 9.60. The van der Waals surface area contributed by atoms with E-state index in [2.05, 4.69) is 27.8 Å². The first-order chi connectivity index (χ1) is 6.75. The predicted molar refractivity (Wildman–Crippen MR) is 62.1 cm³/mol. The first-order valence-corrected chi connectivity index (χ1v) is 5.11. The Balaban J connectivity index is 2.60. The Morgan fingerprint density at radius 2 is 2.29 bits per heavy atom. The van der Waals surface area contributed by atoms with E-state index in [1.807, 2.05) is 25.1 Å². The minimum Gasteiger partial charge on any atom is -0.489 e. The standard InChI is InChI=1S/C11H12BrNO/c1-2-3-4-8-14-11-9(12)6-5-7-10(11)13/h5-7H,4,8,13H2,1H3. The highest BCUT2D eigenvalue weighted by atomic mass is 79.9. The van der Waals surface area contributed by atoms with Crippen LogP contribution in [-0.4, -0.2) is 6.61 Å². The summed E-state index contributed by atoms with van der Waals surface area (Å²) in [5.74, 6) is 6.44. The molecule has 0 aromatic heterocycles. The smallest absolute Gasteiger partial charge is 0.156 e. The van der Waals surface area contributed by atoms with Gasteiger partial charge in [0, 0.05) is 6.42 Å². The first kappa shape index (κ1) is 10.9. The Bertz CT molecular complexity index is 345. The summed E-state index contributed by atoms with van der Waals surface area (Å²) in [5.41, 5.74) is 6.39. The number of para-hydroxylation sites is 1. The van der Waals surface area contributed by atoms with Crippen LogP contribution in [-0.2, 0) is 0 Å². The minimum absolute atomic E-state index is 0.563. The fraction of sp³-hybridized carbons (Fsp3) is 0.273. The van der Waals surface area contributed by atoms with Crippen LogP contribution in [0.25, 0.3) is 0 Å². The summed E-state index contributed by atoms with van der Waals surface area (Å²) in [5, 5.41) is 0. The zero-order chi connectivity index (χ0) is 10.4. The van der Waals surface area contributed by atoms with Crippen LogP contribution in [0.3, 0.4) is 0 Å². The number of hydrogen-bond donors (Lipinski definition) is 1. The lowest BCUT2D eigenvalue weighted by atomic mass is 10.3. The van der Waals surface area contributed by atoms with Gasteiger partial charge in [-0.2, -0.15) is 0 Å². The summed E-state index contributed by atoms with van der Waals surface area (Å²) in [4.78, 5) is 0. The number of halogens is 1. The summed E-state index contributed by atoms with van der Waals surface area (Å²) in [7, 11) is 0. The van der Waals surface area contributed by atoms with Crippen molar-refractivity contribution in [3.05, 3.63) is 22.7 Å². The molecule has 74 valence electrons. The van der Waals surface area contributed by atoms with Gasteiger partial charge in [0.25, 0.3) is 0 Å². The van der Waals surface area contributed by atoms with Crippen LogP contribution in [0, 0.1) is 11.8 Å². The van der Waals surface area contributed by atoms with Crippen LogP contribution in [0.1, 0.15) is 13.3 Å². The molecule has 0 aliphatic carbocycles. The predicted octanol–water partition coefficient (Wildman–Crippen LogP) is 2.82. The fourth-order valence-corrected chi connectivity index (χ4v) is 1.50. The molecule has 1 aromatic rings. The Labute approximate surface area is 92.6 Å². The average Bonchev–Trinajstić information content (AvgIpc) is 2.16. The summed E-state index contributed by atoms with van der Waals surface area (Å²) in [6.45, 7) is 2.38. The van der Waals surface area contributed by atoms with Crippen molar-refractivity contribution >= 4 is 21.6 Å². The van der Waals surface area contributed by atoms with E-state index >= 15 is 0 Å². The second kappa shape index (κ2) is 5.56.